The number of rotatable bonds is 4. The third kappa shape index (κ3) is 3.14. The molecule has 3 aromatic rings. The Morgan fingerprint density at radius 3 is 2.74 bits per heavy atom. The van der Waals surface area contributed by atoms with Gasteiger partial charge in [-0.15, -0.1) is 0 Å². The highest BCUT2D eigenvalue weighted by Crippen LogP contribution is 2.24. The van der Waals surface area contributed by atoms with Crippen LogP contribution in [0.25, 0.3) is 10.8 Å². The highest BCUT2D eigenvalue weighted by molar-refractivity contribution is 6.32. The number of fused-ring (bicyclic) bond motifs is 1. The van der Waals surface area contributed by atoms with E-state index in [2.05, 4.69) is 22.3 Å². The number of nitrogens with one attached hydrogen (secondary N) is 1. The van der Waals surface area contributed by atoms with Crippen molar-refractivity contribution in [3.63, 3.8) is 0 Å². The highest BCUT2D eigenvalue weighted by Gasteiger charge is 2.10. The van der Waals surface area contributed by atoms with Crippen LogP contribution in [0.15, 0.2) is 47.4 Å². The number of nitrogens with zero attached hydrogens (tertiary/aromatic N) is 2. The molecule has 23 heavy (non-hydrogen) atoms. The van der Waals surface area contributed by atoms with Gasteiger partial charge in [-0.2, -0.15) is 5.10 Å². The van der Waals surface area contributed by atoms with Crippen LogP contribution < -0.4 is 15.2 Å². The second-order valence-corrected chi connectivity index (χ2v) is 5.68. The topological polar surface area (TPSA) is 58.2 Å². The highest BCUT2D eigenvalue weighted by atomic mass is 35.5. The molecule has 0 bridgehead atoms. The SMILES string of the molecule is COc1ccc2cc(CN(C)c3cn[nH]c(=O)c3Cl)ccc2c1. The molecule has 0 fully saturated rings. The van der Waals surface area contributed by atoms with Crippen molar-refractivity contribution < 1.29 is 4.74 Å². The second-order valence-electron chi connectivity index (χ2n) is 5.30. The van der Waals surface area contributed by atoms with Gasteiger partial charge in [-0.25, -0.2) is 5.10 Å². The lowest BCUT2D eigenvalue weighted by Crippen LogP contribution is -2.21. The number of methoxy groups -OCH3 is 1. The predicted octanol–water partition coefficient (Wildman–Crippen LogP) is 3.22. The molecule has 0 aliphatic heterocycles. The fourth-order valence-corrected chi connectivity index (χ4v) is 2.73. The maximum Gasteiger partial charge on any atom is 0.285 e. The zero-order valence-corrected chi connectivity index (χ0v) is 13.6. The van der Waals surface area contributed by atoms with Crippen LogP contribution in [0.4, 0.5) is 5.69 Å². The first-order valence-corrected chi connectivity index (χ1v) is 7.47. The van der Waals surface area contributed by atoms with Gasteiger partial charge in [0.15, 0.2) is 0 Å². The normalized spacial score (nSPS) is 10.7. The molecule has 0 aliphatic carbocycles. The number of H-pyrrole nitrogens is 1. The molecule has 0 unspecified atom stereocenters. The number of aromatic amines is 1. The number of halogens is 1. The maximum atomic E-state index is 11.5. The molecule has 0 radical (unpaired) electrons. The summed E-state index contributed by atoms with van der Waals surface area (Å²) in [7, 11) is 3.53. The van der Waals surface area contributed by atoms with Gasteiger partial charge >= 0.3 is 0 Å². The molecule has 6 heteroatoms. The third-order valence-electron chi connectivity index (χ3n) is 3.72. The molecular formula is C17H16ClN3O2. The first kappa shape index (κ1) is 15.4. The lowest BCUT2D eigenvalue weighted by molar-refractivity contribution is 0.415. The molecular weight excluding hydrogens is 314 g/mol. The van der Waals surface area contributed by atoms with E-state index in [1.54, 1.807) is 13.3 Å². The van der Waals surface area contributed by atoms with Gasteiger partial charge in [0, 0.05) is 13.6 Å². The summed E-state index contributed by atoms with van der Waals surface area (Å²) in [5, 5.41) is 8.51. The third-order valence-corrected chi connectivity index (χ3v) is 4.09. The maximum absolute atomic E-state index is 11.5. The van der Waals surface area contributed by atoms with Crippen LogP contribution in [0.2, 0.25) is 5.02 Å². The van der Waals surface area contributed by atoms with E-state index in [0.717, 1.165) is 22.1 Å². The standard InChI is InChI=1S/C17H16ClN3O2/c1-21(15-9-19-20-17(22)16(15)18)10-11-3-4-13-8-14(23-2)6-5-12(13)7-11/h3-9H,10H2,1-2H3,(H,20,22). The van der Waals surface area contributed by atoms with Crippen LogP contribution in [0, 0.1) is 0 Å². The number of hydrogen-bond donors (Lipinski definition) is 1. The molecule has 1 heterocycles. The molecule has 3 rings (SSSR count). The summed E-state index contributed by atoms with van der Waals surface area (Å²) < 4.78 is 5.24. The Morgan fingerprint density at radius 2 is 1.96 bits per heavy atom. The van der Waals surface area contributed by atoms with Crippen molar-refractivity contribution in [2.75, 3.05) is 19.1 Å². The van der Waals surface area contributed by atoms with Crippen LogP contribution in [0.3, 0.4) is 0 Å². The monoisotopic (exact) mass is 329 g/mol. The second kappa shape index (κ2) is 6.30. The molecule has 0 amide bonds. The Kier molecular flexibility index (Phi) is 4.21. The number of benzene rings is 2. The lowest BCUT2D eigenvalue weighted by Gasteiger charge is -2.19. The van der Waals surface area contributed by atoms with Gasteiger partial charge in [-0.1, -0.05) is 29.8 Å². The smallest absolute Gasteiger partial charge is 0.285 e. The number of ether oxygens (including phenoxy) is 1. The van der Waals surface area contributed by atoms with E-state index in [1.165, 1.54) is 0 Å². The minimum Gasteiger partial charge on any atom is -0.497 e. The first-order valence-electron chi connectivity index (χ1n) is 7.09. The Balaban J connectivity index is 1.89. The van der Waals surface area contributed by atoms with Crippen LogP contribution >= 0.6 is 11.6 Å². The summed E-state index contributed by atoms with van der Waals surface area (Å²) in [5.74, 6) is 0.837. The molecule has 118 valence electrons. The molecule has 0 aliphatic rings. The first-order chi connectivity index (χ1) is 11.1. The van der Waals surface area contributed by atoms with Crippen molar-refractivity contribution in [2.24, 2.45) is 0 Å². The Morgan fingerprint density at radius 1 is 1.22 bits per heavy atom. The van der Waals surface area contributed by atoms with Gasteiger partial charge in [-0.3, -0.25) is 4.79 Å². The van der Waals surface area contributed by atoms with E-state index in [4.69, 9.17) is 16.3 Å². The van der Waals surface area contributed by atoms with Crippen molar-refractivity contribution >= 4 is 28.1 Å². The number of anilines is 1. The molecule has 0 spiro atoms. The fraction of sp³-hybridized carbons (Fsp3) is 0.176. The van der Waals surface area contributed by atoms with Gasteiger partial charge < -0.3 is 9.64 Å². The van der Waals surface area contributed by atoms with Crippen molar-refractivity contribution in [2.45, 2.75) is 6.54 Å². The van der Waals surface area contributed by atoms with Gasteiger partial charge in [0.05, 0.1) is 19.0 Å². The zero-order valence-electron chi connectivity index (χ0n) is 12.8. The minimum atomic E-state index is -0.387. The van der Waals surface area contributed by atoms with Crippen molar-refractivity contribution in [1.82, 2.24) is 10.2 Å². The molecule has 2 aromatic carbocycles. The summed E-state index contributed by atoms with van der Waals surface area (Å²) in [6.07, 6.45) is 1.55. The number of hydrogen-bond acceptors (Lipinski definition) is 4. The number of aromatic nitrogens is 2. The summed E-state index contributed by atoms with van der Waals surface area (Å²) in [5.41, 5.74) is 1.33. The van der Waals surface area contributed by atoms with Crippen molar-refractivity contribution in [3.8, 4) is 5.75 Å². The Labute approximate surface area is 138 Å². The average Bonchev–Trinajstić information content (AvgIpc) is 2.56. The molecule has 1 N–H and O–H groups in total. The molecule has 1 aromatic heterocycles. The molecule has 0 atom stereocenters. The summed E-state index contributed by atoms with van der Waals surface area (Å²) >= 11 is 6.04. The minimum absolute atomic E-state index is 0.146. The van der Waals surface area contributed by atoms with Gasteiger partial charge in [0.25, 0.3) is 5.56 Å². The summed E-state index contributed by atoms with van der Waals surface area (Å²) in [6.45, 7) is 0.618. The quantitative estimate of drug-likeness (QED) is 0.798. The Hall–Kier alpha value is -2.53. The van der Waals surface area contributed by atoms with E-state index in [-0.39, 0.29) is 10.6 Å². The summed E-state index contributed by atoms with van der Waals surface area (Å²) in [4.78, 5) is 13.4. The lowest BCUT2D eigenvalue weighted by atomic mass is 10.1. The van der Waals surface area contributed by atoms with Crippen LogP contribution in [0.1, 0.15) is 5.56 Å². The zero-order chi connectivity index (χ0) is 16.4. The molecule has 0 saturated carbocycles. The van der Waals surface area contributed by atoms with Crippen LogP contribution in [-0.2, 0) is 6.54 Å². The van der Waals surface area contributed by atoms with Gasteiger partial charge in [-0.05, 0) is 34.5 Å². The van der Waals surface area contributed by atoms with Gasteiger partial charge in [0.1, 0.15) is 10.8 Å². The molecule has 5 nitrogen and oxygen atoms in total. The van der Waals surface area contributed by atoms with E-state index in [9.17, 15) is 4.79 Å². The van der Waals surface area contributed by atoms with E-state index < -0.39 is 0 Å². The predicted molar refractivity (Wildman–Crippen MR) is 92.5 cm³/mol. The molecule has 0 saturated heterocycles. The van der Waals surface area contributed by atoms with Crippen LogP contribution in [-0.4, -0.2) is 24.4 Å². The van der Waals surface area contributed by atoms with Crippen LogP contribution in [0.5, 0.6) is 5.75 Å². The van der Waals surface area contributed by atoms with E-state index >= 15 is 0 Å². The van der Waals surface area contributed by atoms with Crippen molar-refractivity contribution in [1.29, 1.82) is 0 Å². The van der Waals surface area contributed by atoms with Crippen molar-refractivity contribution in [3.05, 3.63) is 63.5 Å². The summed E-state index contributed by atoms with van der Waals surface area (Å²) in [6, 6.07) is 12.2. The average molecular weight is 330 g/mol. The largest absolute Gasteiger partial charge is 0.497 e. The Bertz CT molecular complexity index is 908. The van der Waals surface area contributed by atoms with E-state index in [0.29, 0.717) is 12.2 Å². The fourth-order valence-electron chi connectivity index (χ4n) is 2.50. The van der Waals surface area contributed by atoms with E-state index in [1.807, 2.05) is 36.2 Å². The van der Waals surface area contributed by atoms with Gasteiger partial charge in [0.2, 0.25) is 0 Å².